The largest absolute Gasteiger partial charge is 0.343 e. The van der Waals surface area contributed by atoms with Gasteiger partial charge < -0.3 is 4.90 Å². The minimum Gasteiger partial charge on any atom is -0.342 e. The first kappa shape index (κ1) is 20.1. The van der Waals surface area contributed by atoms with Crippen LogP contribution in [-0.2, 0) is 17.8 Å². The molecule has 0 bridgehead atoms. The Morgan fingerprint density at radius 2 is 1.87 bits per heavy atom. The molecule has 4 rings (SSSR count). The number of nitrogens with zero attached hydrogens (tertiary/aromatic N) is 3. The van der Waals surface area contributed by atoms with Gasteiger partial charge in [-0.15, -0.1) is 0 Å². The third kappa shape index (κ3) is 4.50. The summed E-state index contributed by atoms with van der Waals surface area (Å²) in [6.45, 7) is 3.66. The summed E-state index contributed by atoms with van der Waals surface area (Å²) in [4.78, 5) is 26.8. The molecule has 1 fully saturated rings. The van der Waals surface area contributed by atoms with E-state index >= 15 is 0 Å². The number of piperidine rings is 1. The molecule has 3 aromatic rings. The molecule has 2 aromatic carbocycles. The molecule has 0 unspecified atom stereocenters. The van der Waals surface area contributed by atoms with Gasteiger partial charge in [0.25, 0.3) is 0 Å². The minimum absolute atomic E-state index is 0.104. The van der Waals surface area contributed by atoms with Crippen LogP contribution in [0.1, 0.15) is 41.3 Å². The van der Waals surface area contributed by atoms with E-state index in [2.05, 4.69) is 10.2 Å². The summed E-state index contributed by atoms with van der Waals surface area (Å²) < 4.78 is 14.8. The van der Waals surface area contributed by atoms with Gasteiger partial charge in [-0.2, -0.15) is 5.10 Å². The molecule has 2 heterocycles. The third-order valence-corrected chi connectivity index (χ3v) is 5.69. The maximum absolute atomic E-state index is 13.2. The van der Waals surface area contributed by atoms with Gasteiger partial charge in [0, 0.05) is 19.0 Å². The maximum Gasteiger partial charge on any atom is 0.343 e. The van der Waals surface area contributed by atoms with E-state index in [9.17, 15) is 14.0 Å². The van der Waals surface area contributed by atoms with E-state index in [1.165, 1.54) is 12.1 Å². The number of H-pyrrole nitrogens is 1. The number of likely N-dealkylation sites (tertiary alicyclic amines) is 1. The predicted molar refractivity (Wildman–Crippen MR) is 112 cm³/mol. The number of carbonyl (C=O) groups excluding carboxylic acids is 1. The van der Waals surface area contributed by atoms with Crippen molar-refractivity contribution in [3.8, 4) is 0 Å². The Kier molecular flexibility index (Phi) is 5.79. The van der Waals surface area contributed by atoms with Crippen molar-refractivity contribution in [2.45, 2.75) is 38.6 Å². The van der Waals surface area contributed by atoms with E-state index in [4.69, 9.17) is 0 Å². The van der Waals surface area contributed by atoms with E-state index in [0.29, 0.717) is 31.9 Å². The van der Waals surface area contributed by atoms with Crippen molar-refractivity contribution in [3.63, 3.8) is 0 Å². The van der Waals surface area contributed by atoms with E-state index in [-0.39, 0.29) is 23.3 Å². The number of rotatable bonds is 5. The second-order valence-electron chi connectivity index (χ2n) is 7.92. The molecule has 0 radical (unpaired) electrons. The quantitative estimate of drug-likeness (QED) is 0.706. The van der Waals surface area contributed by atoms with Gasteiger partial charge in [-0.05, 0) is 43.0 Å². The SMILES string of the molecule is Cc1cccc(CC(=O)N2CCC(c3n[nH]c(=O)n3Cc3ccc(F)cc3)CC2)c1. The number of carbonyl (C=O) groups is 1. The Morgan fingerprint density at radius 1 is 1.13 bits per heavy atom. The second-order valence-corrected chi connectivity index (χ2v) is 7.92. The highest BCUT2D eigenvalue weighted by Crippen LogP contribution is 2.26. The molecule has 0 spiro atoms. The molecule has 1 saturated heterocycles. The van der Waals surface area contributed by atoms with Crippen LogP contribution in [0.4, 0.5) is 4.39 Å². The van der Waals surface area contributed by atoms with E-state index in [1.54, 1.807) is 16.7 Å². The van der Waals surface area contributed by atoms with Crippen LogP contribution >= 0.6 is 0 Å². The molecule has 1 amide bonds. The fourth-order valence-electron chi connectivity index (χ4n) is 4.06. The van der Waals surface area contributed by atoms with Gasteiger partial charge in [-0.25, -0.2) is 14.3 Å². The van der Waals surface area contributed by atoms with Gasteiger partial charge in [-0.3, -0.25) is 9.36 Å². The minimum atomic E-state index is -0.304. The van der Waals surface area contributed by atoms with E-state index in [0.717, 1.165) is 29.5 Å². The monoisotopic (exact) mass is 408 g/mol. The summed E-state index contributed by atoms with van der Waals surface area (Å²) in [5.41, 5.74) is 2.75. The highest BCUT2D eigenvalue weighted by Gasteiger charge is 2.27. The molecule has 30 heavy (non-hydrogen) atoms. The van der Waals surface area contributed by atoms with Gasteiger partial charge in [0.05, 0.1) is 13.0 Å². The molecule has 0 aliphatic carbocycles. The van der Waals surface area contributed by atoms with Crippen molar-refractivity contribution >= 4 is 5.91 Å². The van der Waals surface area contributed by atoms with Crippen LogP contribution < -0.4 is 5.69 Å². The Morgan fingerprint density at radius 3 is 2.57 bits per heavy atom. The van der Waals surface area contributed by atoms with Crippen LogP contribution in [0.15, 0.2) is 53.3 Å². The number of hydrogen-bond acceptors (Lipinski definition) is 3. The van der Waals surface area contributed by atoms with Gasteiger partial charge in [-0.1, -0.05) is 42.0 Å². The topological polar surface area (TPSA) is 71.0 Å². The number of aromatic nitrogens is 3. The van der Waals surface area contributed by atoms with E-state index < -0.39 is 0 Å². The number of halogens is 1. The molecule has 0 atom stereocenters. The smallest absolute Gasteiger partial charge is 0.342 e. The molecular formula is C23H25FN4O2. The number of amides is 1. The van der Waals surface area contributed by atoms with Gasteiger partial charge in [0.15, 0.2) is 0 Å². The summed E-state index contributed by atoms with van der Waals surface area (Å²) in [5, 5.41) is 6.79. The van der Waals surface area contributed by atoms with Crippen molar-refractivity contribution in [1.29, 1.82) is 0 Å². The molecule has 156 valence electrons. The van der Waals surface area contributed by atoms with Gasteiger partial charge in [0.1, 0.15) is 11.6 Å². The predicted octanol–water partition coefficient (Wildman–Crippen LogP) is 3.02. The Bertz CT molecular complexity index is 1080. The summed E-state index contributed by atoms with van der Waals surface area (Å²) in [5.74, 6) is 0.633. The van der Waals surface area contributed by atoms with Crippen LogP contribution in [0.2, 0.25) is 0 Å². The van der Waals surface area contributed by atoms with Crippen molar-refractivity contribution in [1.82, 2.24) is 19.7 Å². The number of nitrogens with one attached hydrogen (secondary N) is 1. The van der Waals surface area contributed by atoms with Crippen LogP contribution in [0.25, 0.3) is 0 Å². The lowest BCUT2D eigenvalue weighted by atomic mass is 9.95. The van der Waals surface area contributed by atoms with Crippen molar-refractivity contribution in [2.75, 3.05) is 13.1 Å². The highest BCUT2D eigenvalue weighted by atomic mass is 19.1. The van der Waals surface area contributed by atoms with Gasteiger partial charge in [0.2, 0.25) is 5.91 Å². The van der Waals surface area contributed by atoms with E-state index in [1.807, 2.05) is 36.1 Å². The zero-order chi connectivity index (χ0) is 21.1. The first-order chi connectivity index (χ1) is 14.5. The second kappa shape index (κ2) is 8.65. The van der Waals surface area contributed by atoms with Crippen LogP contribution in [-0.4, -0.2) is 38.7 Å². The number of hydrogen-bond donors (Lipinski definition) is 1. The fraction of sp³-hybridized carbons (Fsp3) is 0.348. The zero-order valence-corrected chi connectivity index (χ0v) is 17.0. The van der Waals surface area contributed by atoms with Crippen molar-refractivity contribution in [3.05, 3.63) is 87.3 Å². The summed E-state index contributed by atoms with van der Waals surface area (Å²) >= 11 is 0. The summed E-state index contributed by atoms with van der Waals surface area (Å²) in [6, 6.07) is 14.1. The highest BCUT2D eigenvalue weighted by molar-refractivity contribution is 5.78. The lowest BCUT2D eigenvalue weighted by molar-refractivity contribution is -0.131. The Balaban J connectivity index is 1.40. The summed E-state index contributed by atoms with van der Waals surface area (Å²) in [7, 11) is 0. The Labute approximate surface area is 174 Å². The first-order valence-electron chi connectivity index (χ1n) is 10.2. The molecule has 0 saturated carbocycles. The average molecular weight is 408 g/mol. The van der Waals surface area contributed by atoms with Crippen LogP contribution in [0.5, 0.6) is 0 Å². The molecule has 1 aliphatic rings. The molecule has 1 N–H and O–H groups in total. The maximum atomic E-state index is 13.2. The Hall–Kier alpha value is -3.22. The first-order valence-corrected chi connectivity index (χ1v) is 10.2. The molecule has 1 aromatic heterocycles. The van der Waals surface area contributed by atoms with Crippen molar-refractivity contribution < 1.29 is 9.18 Å². The third-order valence-electron chi connectivity index (χ3n) is 5.69. The molecule has 7 heteroatoms. The fourth-order valence-corrected chi connectivity index (χ4v) is 4.06. The number of aryl methyl sites for hydroxylation is 1. The molecule has 6 nitrogen and oxygen atoms in total. The van der Waals surface area contributed by atoms with Crippen LogP contribution in [0.3, 0.4) is 0 Å². The lowest BCUT2D eigenvalue weighted by Gasteiger charge is -2.31. The van der Waals surface area contributed by atoms with Crippen LogP contribution in [0, 0.1) is 12.7 Å². The molecule has 1 aliphatic heterocycles. The lowest BCUT2D eigenvalue weighted by Crippen LogP contribution is -2.39. The summed E-state index contributed by atoms with van der Waals surface area (Å²) in [6.07, 6.45) is 1.92. The van der Waals surface area contributed by atoms with Gasteiger partial charge >= 0.3 is 5.69 Å². The zero-order valence-electron chi connectivity index (χ0n) is 17.0. The number of aromatic amines is 1. The number of benzene rings is 2. The average Bonchev–Trinajstić information content (AvgIpc) is 3.10. The standard InChI is InChI=1S/C23H25FN4O2/c1-16-3-2-4-18(13-16)14-21(29)27-11-9-19(10-12-27)22-25-26-23(30)28(22)15-17-5-7-20(24)8-6-17/h2-8,13,19H,9-12,14-15H2,1H3,(H,26,30). The normalized spacial score (nSPS) is 14.8. The molecular weight excluding hydrogens is 383 g/mol. The van der Waals surface area contributed by atoms with Crippen molar-refractivity contribution in [2.24, 2.45) is 0 Å².